The summed E-state index contributed by atoms with van der Waals surface area (Å²) in [5, 5.41) is 9.36. The molecule has 1 aromatic rings. The lowest BCUT2D eigenvalue weighted by molar-refractivity contribution is 0.135. The van der Waals surface area contributed by atoms with Crippen molar-refractivity contribution in [2.75, 3.05) is 7.11 Å². The summed E-state index contributed by atoms with van der Waals surface area (Å²) in [7, 11) is 1.66. The number of rotatable bonds is 4. The third-order valence-corrected chi connectivity index (χ3v) is 2.54. The first-order chi connectivity index (χ1) is 6.63. The smallest absolute Gasteiger partial charge is 0.118 e. The van der Waals surface area contributed by atoms with E-state index in [0.29, 0.717) is 5.92 Å². The zero-order valence-electron chi connectivity index (χ0n) is 9.03. The Labute approximate surface area is 85.5 Å². The fourth-order valence-electron chi connectivity index (χ4n) is 1.30. The van der Waals surface area contributed by atoms with Crippen molar-refractivity contribution in [2.45, 2.75) is 26.4 Å². The molecule has 2 atom stereocenters. The number of ether oxygens (including phenoxy) is 1. The Kier molecular flexibility index (Phi) is 3.96. The minimum atomic E-state index is -0.253. The lowest BCUT2D eigenvalue weighted by Crippen LogP contribution is -2.15. The van der Waals surface area contributed by atoms with Crippen LogP contribution in [0.1, 0.15) is 19.4 Å². The normalized spacial score (nSPS) is 14.9. The molecule has 0 fully saturated rings. The molecule has 2 nitrogen and oxygen atoms in total. The molecular formula is C12H18O2. The molecule has 0 unspecified atom stereocenters. The zero-order chi connectivity index (χ0) is 10.6. The van der Waals surface area contributed by atoms with E-state index in [1.807, 2.05) is 31.2 Å². The minimum absolute atomic E-state index is 0.253. The monoisotopic (exact) mass is 194 g/mol. The van der Waals surface area contributed by atoms with Gasteiger partial charge in [-0.3, -0.25) is 0 Å². The third kappa shape index (κ3) is 3.04. The molecular weight excluding hydrogens is 176 g/mol. The van der Waals surface area contributed by atoms with E-state index < -0.39 is 0 Å². The van der Waals surface area contributed by atoms with Gasteiger partial charge in [0.15, 0.2) is 0 Å². The zero-order valence-corrected chi connectivity index (χ0v) is 9.03. The van der Waals surface area contributed by atoms with Crippen molar-refractivity contribution < 1.29 is 9.84 Å². The summed E-state index contributed by atoms with van der Waals surface area (Å²) in [6.45, 7) is 3.88. The second kappa shape index (κ2) is 5.01. The fourth-order valence-corrected chi connectivity index (χ4v) is 1.30. The van der Waals surface area contributed by atoms with Gasteiger partial charge in [-0.25, -0.2) is 0 Å². The Balaban J connectivity index is 2.59. The second-order valence-corrected chi connectivity index (χ2v) is 3.77. The lowest BCUT2D eigenvalue weighted by atomic mass is 9.97. The maximum absolute atomic E-state index is 9.36. The Hall–Kier alpha value is -1.02. The molecule has 0 bridgehead atoms. The Bertz CT molecular complexity index is 264. The molecule has 0 aliphatic rings. The van der Waals surface area contributed by atoms with Crippen molar-refractivity contribution in [3.05, 3.63) is 29.8 Å². The fraction of sp³-hybridized carbons (Fsp3) is 0.500. The summed E-state index contributed by atoms with van der Waals surface area (Å²) >= 11 is 0. The van der Waals surface area contributed by atoms with Gasteiger partial charge in [-0.1, -0.05) is 19.1 Å². The molecule has 0 amide bonds. The Morgan fingerprint density at radius 3 is 2.21 bits per heavy atom. The van der Waals surface area contributed by atoms with Crippen LogP contribution in [0, 0.1) is 5.92 Å². The maximum atomic E-state index is 9.36. The topological polar surface area (TPSA) is 29.5 Å². The predicted octanol–water partition coefficient (Wildman–Crippen LogP) is 2.25. The molecule has 0 saturated carbocycles. The predicted molar refractivity (Wildman–Crippen MR) is 57.5 cm³/mol. The van der Waals surface area contributed by atoms with Gasteiger partial charge in [-0.15, -0.1) is 0 Å². The molecule has 14 heavy (non-hydrogen) atoms. The summed E-state index contributed by atoms with van der Waals surface area (Å²) in [5.74, 6) is 1.17. The van der Waals surface area contributed by atoms with Crippen molar-refractivity contribution in [2.24, 2.45) is 5.92 Å². The van der Waals surface area contributed by atoms with Crippen LogP contribution in [0.4, 0.5) is 0 Å². The summed E-state index contributed by atoms with van der Waals surface area (Å²) in [6.07, 6.45) is 0.652. The number of aliphatic hydroxyl groups is 1. The van der Waals surface area contributed by atoms with Gasteiger partial charge in [0.1, 0.15) is 5.75 Å². The molecule has 0 heterocycles. The molecule has 0 radical (unpaired) electrons. The van der Waals surface area contributed by atoms with Gasteiger partial charge in [0.25, 0.3) is 0 Å². The highest BCUT2D eigenvalue weighted by Gasteiger charge is 2.09. The van der Waals surface area contributed by atoms with E-state index in [2.05, 4.69) is 6.92 Å². The highest BCUT2D eigenvalue weighted by atomic mass is 16.5. The van der Waals surface area contributed by atoms with E-state index in [1.165, 1.54) is 5.56 Å². The molecule has 0 spiro atoms. The summed E-state index contributed by atoms with van der Waals surface area (Å²) in [5.41, 5.74) is 1.24. The van der Waals surface area contributed by atoms with Gasteiger partial charge >= 0.3 is 0 Å². The van der Waals surface area contributed by atoms with Gasteiger partial charge in [-0.2, -0.15) is 0 Å². The molecule has 0 saturated heterocycles. The molecule has 0 aliphatic heterocycles. The van der Waals surface area contributed by atoms with Gasteiger partial charge in [0, 0.05) is 0 Å². The number of methoxy groups -OCH3 is 1. The second-order valence-electron chi connectivity index (χ2n) is 3.77. The third-order valence-electron chi connectivity index (χ3n) is 2.54. The van der Waals surface area contributed by atoms with Crippen LogP contribution >= 0.6 is 0 Å². The van der Waals surface area contributed by atoms with E-state index in [0.717, 1.165) is 12.2 Å². The maximum Gasteiger partial charge on any atom is 0.118 e. The summed E-state index contributed by atoms with van der Waals surface area (Å²) in [6, 6.07) is 7.98. The van der Waals surface area contributed by atoms with Crippen LogP contribution in [-0.4, -0.2) is 18.3 Å². The first-order valence-corrected chi connectivity index (χ1v) is 4.94. The van der Waals surface area contributed by atoms with Crippen LogP contribution in [0.5, 0.6) is 5.75 Å². The van der Waals surface area contributed by atoms with Gasteiger partial charge < -0.3 is 9.84 Å². The van der Waals surface area contributed by atoms with Crippen molar-refractivity contribution in [3.8, 4) is 5.75 Å². The molecule has 0 aromatic heterocycles. The van der Waals surface area contributed by atoms with E-state index in [1.54, 1.807) is 7.11 Å². The molecule has 78 valence electrons. The van der Waals surface area contributed by atoms with Crippen LogP contribution in [0.15, 0.2) is 24.3 Å². The van der Waals surface area contributed by atoms with E-state index in [9.17, 15) is 5.11 Å². The van der Waals surface area contributed by atoms with Crippen LogP contribution in [0.25, 0.3) is 0 Å². The Morgan fingerprint density at radius 1 is 1.21 bits per heavy atom. The highest BCUT2D eigenvalue weighted by molar-refractivity contribution is 5.27. The first kappa shape index (κ1) is 11.1. The van der Waals surface area contributed by atoms with Gasteiger partial charge in [0.05, 0.1) is 13.2 Å². The summed E-state index contributed by atoms with van der Waals surface area (Å²) < 4.78 is 5.07. The molecule has 1 rings (SSSR count). The number of hydrogen-bond donors (Lipinski definition) is 1. The van der Waals surface area contributed by atoms with E-state index >= 15 is 0 Å². The SMILES string of the molecule is COc1ccc(C[C@@H](C)[C@@H](C)O)cc1. The largest absolute Gasteiger partial charge is 0.497 e. The van der Waals surface area contributed by atoms with Crippen LogP contribution in [0.3, 0.4) is 0 Å². The molecule has 1 N–H and O–H groups in total. The standard InChI is InChI=1S/C12H18O2/c1-9(10(2)13)8-11-4-6-12(14-3)7-5-11/h4-7,9-10,13H,8H2,1-3H3/t9-,10-/m1/s1. The number of aliphatic hydroxyl groups excluding tert-OH is 1. The number of benzene rings is 1. The Morgan fingerprint density at radius 2 is 1.79 bits per heavy atom. The van der Waals surface area contributed by atoms with Crippen LogP contribution < -0.4 is 4.74 Å². The molecule has 1 aromatic carbocycles. The van der Waals surface area contributed by atoms with Gasteiger partial charge in [-0.05, 0) is 37.0 Å². The highest BCUT2D eigenvalue weighted by Crippen LogP contribution is 2.16. The minimum Gasteiger partial charge on any atom is -0.497 e. The van der Waals surface area contributed by atoms with Crippen molar-refractivity contribution in [1.82, 2.24) is 0 Å². The van der Waals surface area contributed by atoms with Crippen LogP contribution in [-0.2, 0) is 6.42 Å². The summed E-state index contributed by atoms with van der Waals surface area (Å²) in [4.78, 5) is 0. The molecule has 2 heteroatoms. The van der Waals surface area contributed by atoms with Crippen molar-refractivity contribution >= 4 is 0 Å². The molecule has 0 aliphatic carbocycles. The first-order valence-electron chi connectivity index (χ1n) is 4.94. The number of hydrogen-bond acceptors (Lipinski definition) is 2. The van der Waals surface area contributed by atoms with E-state index in [4.69, 9.17) is 4.74 Å². The van der Waals surface area contributed by atoms with Crippen molar-refractivity contribution in [3.63, 3.8) is 0 Å². The van der Waals surface area contributed by atoms with E-state index in [-0.39, 0.29) is 6.10 Å². The van der Waals surface area contributed by atoms with Crippen LogP contribution in [0.2, 0.25) is 0 Å². The average Bonchev–Trinajstić information content (AvgIpc) is 2.19. The lowest BCUT2D eigenvalue weighted by Gasteiger charge is -2.14. The average molecular weight is 194 g/mol. The van der Waals surface area contributed by atoms with Crippen molar-refractivity contribution in [1.29, 1.82) is 0 Å². The van der Waals surface area contributed by atoms with Gasteiger partial charge in [0.2, 0.25) is 0 Å². The quantitative estimate of drug-likeness (QED) is 0.796.